The first kappa shape index (κ1) is 26.6. The molecule has 0 aromatic heterocycles. The number of benzene rings is 1. The van der Waals surface area contributed by atoms with E-state index in [0.29, 0.717) is 13.1 Å². The molecule has 1 spiro atoms. The van der Waals surface area contributed by atoms with Crippen LogP contribution >= 0.6 is 0 Å². The molecule has 8 nitrogen and oxygen atoms in total. The summed E-state index contributed by atoms with van der Waals surface area (Å²) >= 11 is 0. The first-order valence-corrected chi connectivity index (χ1v) is 13.9. The van der Waals surface area contributed by atoms with Crippen LogP contribution in [-0.2, 0) is 19.1 Å². The summed E-state index contributed by atoms with van der Waals surface area (Å²) in [5.41, 5.74) is -0.531. The molecular formula is C30H39N3O5. The SMILES string of the molecule is CCCC(C)N1CC=C[C@]23O[C@H]4C=CCN(c5ccccc5)C(=O)[C@H]4[C@H]2C(=O)N([C@@H](CO)C(C)C)C3C1=O. The molecule has 4 aliphatic heterocycles. The first-order valence-electron chi connectivity index (χ1n) is 13.9. The number of likely N-dealkylation sites (tertiary alicyclic amines) is 1. The lowest BCUT2D eigenvalue weighted by atomic mass is 9.77. The molecule has 1 aromatic carbocycles. The largest absolute Gasteiger partial charge is 0.394 e. The maximum atomic E-state index is 14.4. The number of carbonyl (C=O) groups is 3. The molecule has 2 fully saturated rings. The number of carbonyl (C=O) groups excluding carboxylic acids is 3. The maximum Gasteiger partial charge on any atom is 0.249 e. The van der Waals surface area contributed by atoms with Crippen LogP contribution in [0, 0.1) is 17.8 Å². The van der Waals surface area contributed by atoms with E-state index in [4.69, 9.17) is 4.74 Å². The number of para-hydroxylation sites is 1. The van der Waals surface area contributed by atoms with Crippen molar-refractivity contribution in [2.24, 2.45) is 17.8 Å². The van der Waals surface area contributed by atoms with Gasteiger partial charge in [-0.05, 0) is 31.4 Å². The van der Waals surface area contributed by atoms with E-state index in [-0.39, 0.29) is 36.3 Å². The van der Waals surface area contributed by atoms with Gasteiger partial charge in [0.15, 0.2) is 0 Å². The molecule has 0 saturated carbocycles. The third-order valence-electron chi connectivity index (χ3n) is 8.75. The molecule has 1 N–H and O–H groups in total. The van der Waals surface area contributed by atoms with Crippen molar-refractivity contribution in [3.8, 4) is 0 Å². The van der Waals surface area contributed by atoms with E-state index in [1.807, 2.05) is 80.3 Å². The van der Waals surface area contributed by atoms with Gasteiger partial charge >= 0.3 is 0 Å². The highest BCUT2D eigenvalue weighted by Gasteiger charge is 2.72. The predicted molar refractivity (Wildman–Crippen MR) is 144 cm³/mol. The standard InChI is InChI=1S/C30H39N3O5/c1-5-11-20(4)31-17-10-15-30-25(28(36)33(26(30)29(31)37)22(18-34)19(2)3)24-23(38-30)14-9-16-32(27(24)35)21-12-7-6-8-13-21/h6-10,12-15,19-20,22-26,34H,5,11,16-18H2,1-4H3/t20?,22-,23-,24+,25-,26?,30-/m0/s1. The van der Waals surface area contributed by atoms with Crippen LogP contribution in [0.4, 0.5) is 5.69 Å². The molecule has 2 unspecified atom stereocenters. The quantitative estimate of drug-likeness (QED) is 0.558. The Morgan fingerprint density at radius 3 is 2.42 bits per heavy atom. The van der Waals surface area contributed by atoms with E-state index in [1.165, 1.54) is 0 Å². The smallest absolute Gasteiger partial charge is 0.249 e. The van der Waals surface area contributed by atoms with Crippen molar-refractivity contribution in [1.29, 1.82) is 0 Å². The van der Waals surface area contributed by atoms with Gasteiger partial charge in [0.05, 0.1) is 30.6 Å². The van der Waals surface area contributed by atoms with Crippen LogP contribution in [0.15, 0.2) is 54.6 Å². The van der Waals surface area contributed by atoms with Crippen LogP contribution in [0.2, 0.25) is 0 Å². The molecule has 2 saturated heterocycles. The molecule has 8 heteroatoms. The van der Waals surface area contributed by atoms with Gasteiger partial charge in [0, 0.05) is 24.8 Å². The van der Waals surface area contributed by atoms with Crippen LogP contribution < -0.4 is 4.90 Å². The summed E-state index contributed by atoms with van der Waals surface area (Å²) in [4.78, 5) is 48.0. The molecule has 5 rings (SSSR count). The number of hydrogen-bond acceptors (Lipinski definition) is 5. The van der Waals surface area contributed by atoms with Gasteiger partial charge in [0.25, 0.3) is 0 Å². The molecule has 4 aliphatic rings. The van der Waals surface area contributed by atoms with Crippen LogP contribution in [0.1, 0.15) is 40.5 Å². The zero-order chi connectivity index (χ0) is 27.2. The van der Waals surface area contributed by atoms with Crippen molar-refractivity contribution in [1.82, 2.24) is 9.80 Å². The lowest BCUT2D eigenvalue weighted by molar-refractivity contribution is -0.152. The fourth-order valence-corrected chi connectivity index (χ4v) is 6.88. The molecule has 4 heterocycles. The van der Waals surface area contributed by atoms with Gasteiger partial charge in [0.2, 0.25) is 17.7 Å². The van der Waals surface area contributed by atoms with E-state index in [2.05, 4.69) is 6.92 Å². The summed E-state index contributed by atoms with van der Waals surface area (Å²) in [6.45, 7) is 8.50. The third kappa shape index (κ3) is 4.00. The van der Waals surface area contributed by atoms with Gasteiger partial charge in [-0.3, -0.25) is 14.4 Å². The molecule has 1 aromatic rings. The number of aliphatic hydroxyl groups excluding tert-OH is 1. The van der Waals surface area contributed by atoms with Crippen molar-refractivity contribution in [3.63, 3.8) is 0 Å². The Morgan fingerprint density at radius 2 is 1.76 bits per heavy atom. The molecule has 0 aliphatic carbocycles. The van der Waals surface area contributed by atoms with E-state index in [0.717, 1.165) is 18.5 Å². The third-order valence-corrected chi connectivity index (χ3v) is 8.75. The van der Waals surface area contributed by atoms with Gasteiger partial charge < -0.3 is 24.5 Å². The van der Waals surface area contributed by atoms with Crippen LogP contribution in [0.3, 0.4) is 0 Å². The first-order chi connectivity index (χ1) is 18.3. The highest BCUT2D eigenvalue weighted by atomic mass is 16.5. The second-order valence-electron chi connectivity index (χ2n) is 11.3. The molecule has 0 radical (unpaired) electrons. The Hall–Kier alpha value is -2.97. The van der Waals surface area contributed by atoms with Gasteiger partial charge in [-0.25, -0.2) is 0 Å². The van der Waals surface area contributed by atoms with Gasteiger partial charge in [0.1, 0.15) is 11.6 Å². The van der Waals surface area contributed by atoms with Crippen molar-refractivity contribution < 1.29 is 24.2 Å². The highest BCUT2D eigenvalue weighted by molar-refractivity contribution is 6.04. The summed E-state index contributed by atoms with van der Waals surface area (Å²) < 4.78 is 6.72. The molecular weight excluding hydrogens is 482 g/mol. The number of fused-ring (bicyclic) bond motifs is 2. The maximum absolute atomic E-state index is 14.4. The number of ether oxygens (including phenoxy) is 1. The minimum atomic E-state index is -1.29. The summed E-state index contributed by atoms with van der Waals surface area (Å²) in [6, 6.07) is 7.89. The molecule has 0 bridgehead atoms. The van der Waals surface area contributed by atoms with E-state index >= 15 is 0 Å². The Bertz CT molecular complexity index is 1130. The van der Waals surface area contributed by atoms with Crippen molar-refractivity contribution in [3.05, 3.63) is 54.6 Å². The van der Waals surface area contributed by atoms with E-state index < -0.39 is 35.6 Å². The minimum Gasteiger partial charge on any atom is -0.394 e. The molecule has 3 amide bonds. The van der Waals surface area contributed by atoms with Gasteiger partial charge in [-0.15, -0.1) is 0 Å². The monoisotopic (exact) mass is 521 g/mol. The molecule has 38 heavy (non-hydrogen) atoms. The summed E-state index contributed by atoms with van der Waals surface area (Å²) in [7, 11) is 0. The van der Waals surface area contributed by atoms with Crippen molar-refractivity contribution in [2.45, 2.75) is 70.4 Å². The van der Waals surface area contributed by atoms with Crippen LogP contribution in [0.5, 0.6) is 0 Å². The fourth-order valence-electron chi connectivity index (χ4n) is 6.88. The van der Waals surface area contributed by atoms with Gasteiger partial charge in [-0.2, -0.15) is 0 Å². The molecule has 204 valence electrons. The predicted octanol–water partition coefficient (Wildman–Crippen LogP) is 2.77. The van der Waals surface area contributed by atoms with Crippen molar-refractivity contribution in [2.75, 3.05) is 24.6 Å². The second-order valence-corrected chi connectivity index (χ2v) is 11.3. The summed E-state index contributed by atoms with van der Waals surface area (Å²) in [5, 5.41) is 10.4. The van der Waals surface area contributed by atoms with E-state index in [1.54, 1.807) is 9.80 Å². The average Bonchev–Trinajstić information content (AvgIpc) is 3.20. The number of aliphatic hydroxyl groups is 1. The Kier molecular flexibility index (Phi) is 7.22. The topological polar surface area (TPSA) is 90.4 Å². The second kappa shape index (κ2) is 10.3. The lowest BCUT2D eigenvalue weighted by Crippen LogP contribution is -2.60. The molecule has 7 atom stereocenters. The zero-order valence-electron chi connectivity index (χ0n) is 22.7. The van der Waals surface area contributed by atoms with Crippen LogP contribution in [0.25, 0.3) is 0 Å². The summed E-state index contributed by atoms with van der Waals surface area (Å²) in [6.07, 6.45) is 8.71. The van der Waals surface area contributed by atoms with Crippen LogP contribution in [-0.4, -0.2) is 82.2 Å². The lowest BCUT2D eigenvalue weighted by Gasteiger charge is -2.41. The number of anilines is 1. The highest BCUT2D eigenvalue weighted by Crippen LogP contribution is 2.54. The normalized spacial score (nSPS) is 32.3. The Morgan fingerprint density at radius 1 is 1.03 bits per heavy atom. The Balaban J connectivity index is 1.63. The zero-order valence-corrected chi connectivity index (χ0v) is 22.7. The Labute approximate surface area is 224 Å². The fraction of sp³-hybridized carbons (Fsp3) is 0.567. The number of rotatable bonds is 7. The van der Waals surface area contributed by atoms with Crippen molar-refractivity contribution >= 4 is 23.4 Å². The minimum absolute atomic E-state index is 0.0168. The summed E-state index contributed by atoms with van der Waals surface area (Å²) in [5.74, 6) is -2.41. The van der Waals surface area contributed by atoms with Gasteiger partial charge in [-0.1, -0.05) is 69.7 Å². The number of amides is 3. The average molecular weight is 522 g/mol. The number of hydrogen-bond donors (Lipinski definition) is 1. The number of nitrogens with zero attached hydrogens (tertiary/aromatic N) is 3. The van der Waals surface area contributed by atoms with E-state index in [9.17, 15) is 19.5 Å².